The summed E-state index contributed by atoms with van der Waals surface area (Å²) in [5.41, 5.74) is 0.242. The van der Waals surface area contributed by atoms with Crippen LogP contribution in [0.15, 0.2) is 21.8 Å². The molecule has 80 valence electrons. The molecule has 0 spiro atoms. The largest absolute Gasteiger partial charge is 0.324 e. The van der Waals surface area contributed by atoms with E-state index in [-0.39, 0.29) is 28.8 Å². The predicted molar refractivity (Wildman–Crippen MR) is 57.2 cm³/mol. The molecule has 1 aliphatic rings. The first-order valence-corrected chi connectivity index (χ1v) is 6.62. The molecular formula is C8H7BrN2O3S. The molecule has 1 aliphatic heterocycles. The summed E-state index contributed by atoms with van der Waals surface area (Å²) in [5.74, 6) is -0.502. The van der Waals surface area contributed by atoms with Gasteiger partial charge in [-0.2, -0.15) is 0 Å². The van der Waals surface area contributed by atoms with Crippen molar-refractivity contribution in [2.24, 2.45) is 0 Å². The quantitative estimate of drug-likeness (QED) is 0.772. The van der Waals surface area contributed by atoms with Gasteiger partial charge in [-0.05, 0) is 22.0 Å². The van der Waals surface area contributed by atoms with Crippen LogP contribution in [0.4, 0.5) is 5.69 Å². The molecule has 2 rings (SSSR count). The molecular weight excluding hydrogens is 284 g/mol. The normalized spacial score (nSPS) is 18.9. The molecule has 7 heteroatoms. The van der Waals surface area contributed by atoms with Crippen molar-refractivity contribution >= 4 is 37.4 Å². The molecule has 0 radical (unpaired) electrons. The number of amides is 1. The van der Waals surface area contributed by atoms with Crippen LogP contribution in [0.2, 0.25) is 0 Å². The number of hydrogen-bond acceptors (Lipinski definition) is 4. The standard InChI is InChI=1S/C8H7BrN2O3S/c9-5-3-6-8(10-4-5)15(13,14)2-1-7(12)11-6/h3-4H,1-2H2,(H,11,12). The third-order valence-corrected chi connectivity index (χ3v) is 4.07. The fourth-order valence-corrected chi connectivity index (χ4v) is 2.94. The molecule has 0 unspecified atom stereocenters. The first kappa shape index (κ1) is 10.6. The van der Waals surface area contributed by atoms with Crippen LogP contribution in [0.1, 0.15) is 6.42 Å². The Balaban J connectivity index is 2.66. The van der Waals surface area contributed by atoms with Gasteiger partial charge in [-0.15, -0.1) is 0 Å². The number of pyridine rings is 1. The average Bonchev–Trinajstić information content (AvgIpc) is 2.24. The fraction of sp³-hybridized carbons (Fsp3) is 0.250. The lowest BCUT2D eigenvalue weighted by atomic mass is 10.4. The number of hydrogen-bond donors (Lipinski definition) is 1. The Hall–Kier alpha value is -0.950. The molecule has 15 heavy (non-hydrogen) atoms. The van der Waals surface area contributed by atoms with E-state index in [1.165, 1.54) is 12.3 Å². The number of carbonyl (C=O) groups excluding carboxylic acids is 1. The number of nitrogens with one attached hydrogen (secondary N) is 1. The van der Waals surface area contributed by atoms with Crippen molar-refractivity contribution in [1.82, 2.24) is 4.98 Å². The van der Waals surface area contributed by atoms with E-state index in [1.54, 1.807) is 0 Å². The highest BCUT2D eigenvalue weighted by Gasteiger charge is 2.26. The molecule has 2 heterocycles. The maximum Gasteiger partial charge on any atom is 0.225 e. The zero-order valence-electron chi connectivity index (χ0n) is 7.53. The van der Waals surface area contributed by atoms with E-state index in [4.69, 9.17) is 0 Å². The Bertz CT molecular complexity index is 527. The summed E-state index contributed by atoms with van der Waals surface area (Å²) in [5, 5.41) is 2.45. The van der Waals surface area contributed by atoms with Crippen LogP contribution in [0, 0.1) is 0 Å². The molecule has 0 aliphatic carbocycles. The molecule has 0 fully saturated rings. The van der Waals surface area contributed by atoms with Crippen LogP contribution in [0.5, 0.6) is 0 Å². The molecule has 0 saturated carbocycles. The Morgan fingerprint density at radius 3 is 2.93 bits per heavy atom. The van der Waals surface area contributed by atoms with E-state index in [0.29, 0.717) is 4.47 Å². The number of fused-ring (bicyclic) bond motifs is 1. The zero-order valence-corrected chi connectivity index (χ0v) is 9.93. The van der Waals surface area contributed by atoms with Gasteiger partial charge < -0.3 is 5.32 Å². The molecule has 1 amide bonds. The average molecular weight is 291 g/mol. The van der Waals surface area contributed by atoms with Crippen LogP contribution in [-0.2, 0) is 14.6 Å². The fourth-order valence-electron chi connectivity index (χ4n) is 1.30. The van der Waals surface area contributed by atoms with Gasteiger partial charge in [-0.25, -0.2) is 13.4 Å². The lowest BCUT2D eigenvalue weighted by molar-refractivity contribution is -0.115. The summed E-state index contributed by atoms with van der Waals surface area (Å²) >= 11 is 3.16. The van der Waals surface area contributed by atoms with Crippen LogP contribution in [-0.4, -0.2) is 25.1 Å². The maximum absolute atomic E-state index is 11.7. The second-order valence-corrected chi connectivity index (χ2v) is 6.06. The Morgan fingerprint density at radius 2 is 2.20 bits per heavy atom. The van der Waals surface area contributed by atoms with Crippen molar-refractivity contribution in [3.63, 3.8) is 0 Å². The van der Waals surface area contributed by atoms with E-state index < -0.39 is 9.84 Å². The van der Waals surface area contributed by atoms with Gasteiger partial charge in [-0.1, -0.05) is 0 Å². The van der Waals surface area contributed by atoms with Gasteiger partial charge in [0.15, 0.2) is 14.9 Å². The highest BCUT2D eigenvalue weighted by molar-refractivity contribution is 9.10. The summed E-state index contributed by atoms with van der Waals surface area (Å²) in [6.07, 6.45) is 1.37. The number of nitrogens with zero attached hydrogens (tertiary/aromatic N) is 1. The lowest BCUT2D eigenvalue weighted by Gasteiger charge is -2.04. The van der Waals surface area contributed by atoms with Crippen molar-refractivity contribution in [2.75, 3.05) is 11.1 Å². The van der Waals surface area contributed by atoms with Crippen LogP contribution < -0.4 is 5.32 Å². The molecule has 1 aromatic heterocycles. The highest BCUT2D eigenvalue weighted by atomic mass is 79.9. The molecule has 5 nitrogen and oxygen atoms in total. The second-order valence-electron chi connectivity index (χ2n) is 3.12. The van der Waals surface area contributed by atoms with Gasteiger partial charge in [-0.3, -0.25) is 4.79 Å². The molecule has 0 aromatic carbocycles. The minimum atomic E-state index is -3.44. The summed E-state index contributed by atoms with van der Waals surface area (Å²) < 4.78 is 24.0. The third kappa shape index (κ3) is 2.03. The molecule has 1 aromatic rings. The number of carbonyl (C=O) groups is 1. The maximum atomic E-state index is 11.7. The highest BCUT2D eigenvalue weighted by Crippen LogP contribution is 2.26. The van der Waals surface area contributed by atoms with E-state index in [9.17, 15) is 13.2 Å². The molecule has 0 atom stereocenters. The van der Waals surface area contributed by atoms with Crippen LogP contribution in [0.25, 0.3) is 0 Å². The zero-order chi connectivity index (χ0) is 11.1. The number of aromatic nitrogens is 1. The van der Waals surface area contributed by atoms with Crippen molar-refractivity contribution in [2.45, 2.75) is 11.4 Å². The third-order valence-electron chi connectivity index (χ3n) is 1.98. The first-order chi connectivity index (χ1) is 6.99. The summed E-state index contributed by atoms with van der Waals surface area (Å²) in [6.45, 7) is 0. The Labute approximate surface area is 94.9 Å². The van der Waals surface area contributed by atoms with Crippen molar-refractivity contribution in [1.29, 1.82) is 0 Å². The van der Waals surface area contributed by atoms with E-state index in [1.807, 2.05) is 0 Å². The second kappa shape index (κ2) is 3.57. The molecule has 1 N–H and O–H groups in total. The number of anilines is 1. The lowest BCUT2D eigenvalue weighted by Crippen LogP contribution is -2.11. The topological polar surface area (TPSA) is 76.1 Å². The van der Waals surface area contributed by atoms with Gasteiger partial charge in [0.25, 0.3) is 0 Å². The van der Waals surface area contributed by atoms with Crippen LogP contribution >= 0.6 is 15.9 Å². The Kier molecular flexibility index (Phi) is 2.51. The van der Waals surface area contributed by atoms with E-state index >= 15 is 0 Å². The van der Waals surface area contributed by atoms with Gasteiger partial charge >= 0.3 is 0 Å². The van der Waals surface area contributed by atoms with E-state index in [0.717, 1.165) is 0 Å². The first-order valence-electron chi connectivity index (χ1n) is 4.17. The van der Waals surface area contributed by atoms with Crippen molar-refractivity contribution < 1.29 is 13.2 Å². The monoisotopic (exact) mass is 290 g/mol. The van der Waals surface area contributed by atoms with Gasteiger partial charge in [0, 0.05) is 17.1 Å². The number of halogens is 1. The number of rotatable bonds is 0. The SMILES string of the molecule is O=C1CCS(=O)(=O)c2ncc(Br)cc2N1. The summed E-state index contributed by atoms with van der Waals surface area (Å²) in [6, 6.07) is 1.53. The summed E-state index contributed by atoms with van der Waals surface area (Å²) in [4.78, 5) is 15.0. The number of sulfone groups is 1. The van der Waals surface area contributed by atoms with Crippen molar-refractivity contribution in [3.05, 3.63) is 16.7 Å². The van der Waals surface area contributed by atoms with E-state index in [2.05, 4.69) is 26.2 Å². The van der Waals surface area contributed by atoms with Crippen LogP contribution in [0.3, 0.4) is 0 Å². The minimum absolute atomic E-state index is 0.0314. The predicted octanol–water partition coefficient (Wildman–Crippen LogP) is 0.960. The Morgan fingerprint density at radius 1 is 1.47 bits per heavy atom. The van der Waals surface area contributed by atoms with Crippen molar-refractivity contribution in [3.8, 4) is 0 Å². The minimum Gasteiger partial charge on any atom is -0.324 e. The van der Waals surface area contributed by atoms with Gasteiger partial charge in [0.1, 0.15) is 0 Å². The molecule has 0 bridgehead atoms. The van der Waals surface area contributed by atoms with Gasteiger partial charge in [0.05, 0.1) is 11.4 Å². The van der Waals surface area contributed by atoms with Gasteiger partial charge in [0.2, 0.25) is 5.91 Å². The smallest absolute Gasteiger partial charge is 0.225 e. The summed E-state index contributed by atoms with van der Waals surface area (Å²) in [7, 11) is -3.44. The molecule has 0 saturated heterocycles.